The number of ether oxygens (including phenoxy) is 2. The third-order valence-electron chi connectivity index (χ3n) is 3.85. The van der Waals surface area contributed by atoms with Crippen molar-refractivity contribution >= 4 is 11.6 Å². The first-order chi connectivity index (χ1) is 10.1. The lowest BCUT2D eigenvalue weighted by atomic mass is 9.92. The number of methoxy groups -OCH3 is 2. The van der Waals surface area contributed by atoms with E-state index in [0.29, 0.717) is 29.2 Å². The molecule has 116 valence electrons. The van der Waals surface area contributed by atoms with Crippen LogP contribution < -0.4 is 20.5 Å². The van der Waals surface area contributed by atoms with Crippen LogP contribution in [0.5, 0.6) is 11.5 Å². The summed E-state index contributed by atoms with van der Waals surface area (Å²) >= 11 is 0. The Morgan fingerprint density at radius 1 is 1.24 bits per heavy atom. The van der Waals surface area contributed by atoms with Gasteiger partial charge in [0.2, 0.25) is 0 Å². The number of hydrogen-bond donors (Lipinski definition) is 3. The zero-order valence-corrected chi connectivity index (χ0v) is 12.4. The third-order valence-corrected chi connectivity index (χ3v) is 3.85. The maximum Gasteiger partial charge on any atom is 0.253 e. The highest BCUT2D eigenvalue weighted by molar-refractivity contribution is 6.00. The Kier molecular flexibility index (Phi) is 4.90. The number of benzene rings is 1. The topological polar surface area (TPSA) is 93.8 Å². The highest BCUT2D eigenvalue weighted by atomic mass is 16.5. The summed E-state index contributed by atoms with van der Waals surface area (Å²) in [6, 6.07) is 2.89. The molecule has 1 aromatic rings. The molecule has 0 heterocycles. The fraction of sp³-hybridized carbons (Fsp3) is 0.533. The summed E-state index contributed by atoms with van der Waals surface area (Å²) in [4.78, 5) is 12.3. The predicted molar refractivity (Wildman–Crippen MR) is 79.7 cm³/mol. The second kappa shape index (κ2) is 6.67. The Bertz CT molecular complexity index is 519. The molecule has 0 radical (unpaired) electrons. The van der Waals surface area contributed by atoms with Crippen molar-refractivity contribution in [3.05, 3.63) is 17.7 Å². The van der Waals surface area contributed by atoms with E-state index in [-0.39, 0.29) is 11.9 Å². The van der Waals surface area contributed by atoms with Gasteiger partial charge in [-0.15, -0.1) is 0 Å². The molecule has 1 fully saturated rings. The number of rotatable bonds is 4. The van der Waals surface area contributed by atoms with Gasteiger partial charge < -0.3 is 25.6 Å². The summed E-state index contributed by atoms with van der Waals surface area (Å²) in [5, 5.41) is 12.8. The molecule has 1 amide bonds. The molecular weight excluding hydrogens is 272 g/mol. The van der Waals surface area contributed by atoms with E-state index in [0.717, 1.165) is 19.3 Å². The Labute approximate surface area is 124 Å². The van der Waals surface area contributed by atoms with E-state index in [4.69, 9.17) is 15.2 Å². The van der Waals surface area contributed by atoms with Crippen LogP contribution in [0.15, 0.2) is 12.1 Å². The van der Waals surface area contributed by atoms with Gasteiger partial charge in [-0.05, 0) is 18.9 Å². The molecule has 4 N–H and O–H groups in total. The number of carbonyl (C=O) groups excluding carboxylic acids is 1. The number of aliphatic hydroxyl groups is 1. The standard InChI is InChI=1S/C15H22N2O4/c1-20-13-7-9(10(16)8-14(13)21-2)15(19)17-11-5-3-4-6-12(11)18/h7-8,11-12,18H,3-6,16H2,1-2H3,(H,17,19)/t11-,12-/m0/s1. The lowest BCUT2D eigenvalue weighted by Gasteiger charge is -2.28. The van der Waals surface area contributed by atoms with E-state index in [1.165, 1.54) is 14.2 Å². The molecule has 0 saturated heterocycles. The molecular formula is C15H22N2O4. The quantitative estimate of drug-likeness (QED) is 0.728. The third kappa shape index (κ3) is 3.39. The van der Waals surface area contributed by atoms with Gasteiger partial charge in [0.25, 0.3) is 5.91 Å². The summed E-state index contributed by atoms with van der Waals surface area (Å²) in [6.07, 6.45) is 2.99. The molecule has 1 aliphatic carbocycles. The van der Waals surface area contributed by atoms with E-state index >= 15 is 0 Å². The van der Waals surface area contributed by atoms with Gasteiger partial charge in [0, 0.05) is 11.8 Å². The molecule has 0 aliphatic heterocycles. The number of nitrogens with two attached hydrogens (primary N) is 1. The first-order valence-corrected chi connectivity index (χ1v) is 7.07. The molecule has 6 nitrogen and oxygen atoms in total. The van der Waals surface area contributed by atoms with Crippen LogP contribution in [-0.2, 0) is 0 Å². The average Bonchev–Trinajstić information content (AvgIpc) is 2.49. The second-order valence-electron chi connectivity index (χ2n) is 5.23. The number of hydrogen-bond acceptors (Lipinski definition) is 5. The number of carbonyl (C=O) groups is 1. The van der Waals surface area contributed by atoms with Crippen molar-refractivity contribution in [3.8, 4) is 11.5 Å². The Balaban J connectivity index is 2.18. The van der Waals surface area contributed by atoms with E-state index < -0.39 is 6.10 Å². The van der Waals surface area contributed by atoms with Crippen LogP contribution in [0.2, 0.25) is 0 Å². The van der Waals surface area contributed by atoms with Gasteiger partial charge in [-0.2, -0.15) is 0 Å². The van der Waals surface area contributed by atoms with Gasteiger partial charge in [-0.3, -0.25) is 4.79 Å². The zero-order chi connectivity index (χ0) is 15.4. The molecule has 0 aromatic heterocycles. The fourth-order valence-corrected chi connectivity index (χ4v) is 2.62. The Morgan fingerprint density at radius 2 is 1.86 bits per heavy atom. The normalized spacial score (nSPS) is 21.7. The molecule has 21 heavy (non-hydrogen) atoms. The number of aliphatic hydroxyl groups excluding tert-OH is 1. The number of anilines is 1. The summed E-state index contributed by atoms with van der Waals surface area (Å²) in [5.74, 6) is 0.615. The van der Waals surface area contributed by atoms with Gasteiger partial charge in [-0.1, -0.05) is 12.8 Å². The fourth-order valence-electron chi connectivity index (χ4n) is 2.62. The van der Waals surface area contributed by atoms with Crippen molar-refractivity contribution < 1.29 is 19.4 Å². The largest absolute Gasteiger partial charge is 0.493 e. The van der Waals surface area contributed by atoms with E-state index in [2.05, 4.69) is 5.32 Å². The first-order valence-electron chi connectivity index (χ1n) is 7.07. The minimum absolute atomic E-state index is 0.223. The lowest BCUT2D eigenvalue weighted by Crippen LogP contribution is -2.45. The van der Waals surface area contributed by atoms with Crippen LogP contribution in [0.1, 0.15) is 36.0 Å². The maximum atomic E-state index is 12.3. The summed E-state index contributed by atoms with van der Waals surface area (Å²) in [6.45, 7) is 0. The van der Waals surface area contributed by atoms with Crippen LogP contribution in [0.3, 0.4) is 0 Å². The molecule has 6 heteroatoms. The van der Waals surface area contributed by atoms with Crippen LogP contribution in [0, 0.1) is 0 Å². The number of amides is 1. The van der Waals surface area contributed by atoms with Crippen LogP contribution >= 0.6 is 0 Å². The molecule has 0 bridgehead atoms. The maximum absolute atomic E-state index is 12.3. The van der Waals surface area contributed by atoms with Crippen LogP contribution in [0.25, 0.3) is 0 Å². The minimum Gasteiger partial charge on any atom is -0.493 e. The second-order valence-corrected chi connectivity index (χ2v) is 5.23. The van der Waals surface area contributed by atoms with Crippen molar-refractivity contribution in [2.75, 3.05) is 20.0 Å². The van der Waals surface area contributed by atoms with Crippen molar-refractivity contribution in [1.82, 2.24) is 5.32 Å². The highest BCUT2D eigenvalue weighted by Crippen LogP contribution is 2.32. The predicted octanol–water partition coefficient (Wildman–Crippen LogP) is 1.32. The smallest absolute Gasteiger partial charge is 0.253 e. The molecule has 0 unspecified atom stereocenters. The van der Waals surface area contributed by atoms with Gasteiger partial charge in [0.1, 0.15) is 0 Å². The zero-order valence-electron chi connectivity index (χ0n) is 12.4. The number of nitrogens with one attached hydrogen (secondary N) is 1. The van der Waals surface area contributed by atoms with E-state index in [9.17, 15) is 9.90 Å². The lowest BCUT2D eigenvalue weighted by molar-refractivity contribution is 0.0717. The van der Waals surface area contributed by atoms with Crippen LogP contribution in [0.4, 0.5) is 5.69 Å². The van der Waals surface area contributed by atoms with Gasteiger partial charge in [-0.25, -0.2) is 0 Å². The molecule has 0 spiro atoms. The minimum atomic E-state index is -0.496. The van der Waals surface area contributed by atoms with Gasteiger partial charge in [0.15, 0.2) is 11.5 Å². The number of nitrogen functional groups attached to an aromatic ring is 1. The molecule has 1 aromatic carbocycles. The van der Waals surface area contributed by atoms with Crippen molar-refractivity contribution in [2.24, 2.45) is 0 Å². The molecule has 2 rings (SSSR count). The summed E-state index contributed by atoms with van der Waals surface area (Å²) in [5.41, 5.74) is 6.54. The van der Waals surface area contributed by atoms with E-state index in [1.807, 2.05) is 0 Å². The Morgan fingerprint density at radius 3 is 2.48 bits per heavy atom. The molecule has 1 saturated carbocycles. The Hall–Kier alpha value is -1.95. The highest BCUT2D eigenvalue weighted by Gasteiger charge is 2.26. The van der Waals surface area contributed by atoms with Crippen molar-refractivity contribution in [2.45, 2.75) is 37.8 Å². The average molecular weight is 294 g/mol. The summed E-state index contributed by atoms with van der Waals surface area (Å²) in [7, 11) is 3.01. The van der Waals surface area contributed by atoms with E-state index in [1.54, 1.807) is 12.1 Å². The first kappa shape index (κ1) is 15.4. The molecule has 2 atom stereocenters. The van der Waals surface area contributed by atoms with Crippen molar-refractivity contribution in [1.29, 1.82) is 0 Å². The molecule has 1 aliphatic rings. The van der Waals surface area contributed by atoms with Crippen LogP contribution in [-0.4, -0.2) is 37.4 Å². The monoisotopic (exact) mass is 294 g/mol. The van der Waals surface area contributed by atoms with Gasteiger partial charge in [0.05, 0.1) is 31.9 Å². The summed E-state index contributed by atoms with van der Waals surface area (Å²) < 4.78 is 10.3. The van der Waals surface area contributed by atoms with Gasteiger partial charge >= 0.3 is 0 Å². The SMILES string of the molecule is COc1cc(N)c(C(=O)N[C@H]2CCCC[C@@H]2O)cc1OC. The van der Waals surface area contributed by atoms with Crippen molar-refractivity contribution in [3.63, 3.8) is 0 Å².